The molecule has 1 N–H and O–H groups in total. The fraction of sp³-hybridized carbons (Fsp3) is 0.364. The largest absolute Gasteiger partial charge is 0.508 e. The van der Waals surface area contributed by atoms with E-state index in [4.69, 9.17) is 0 Å². The van der Waals surface area contributed by atoms with E-state index in [0.717, 1.165) is 0 Å². The van der Waals surface area contributed by atoms with Crippen LogP contribution in [0.15, 0.2) is 29.3 Å². The second kappa shape index (κ2) is 3.39. The van der Waals surface area contributed by atoms with Gasteiger partial charge in [0.1, 0.15) is 11.3 Å². The Hall–Kier alpha value is -1.74. The normalized spacial score (nSPS) is 20.6. The van der Waals surface area contributed by atoms with Crippen LogP contribution in [0.25, 0.3) is 0 Å². The Morgan fingerprint density at radius 2 is 1.94 bits per heavy atom. The summed E-state index contributed by atoms with van der Waals surface area (Å²) in [6.45, 7) is 0. The molecule has 5 heteroatoms. The van der Waals surface area contributed by atoms with Gasteiger partial charge in [-0.2, -0.15) is 4.99 Å². The first-order valence-corrected chi connectivity index (χ1v) is 4.74. The van der Waals surface area contributed by atoms with E-state index >= 15 is 0 Å². The summed E-state index contributed by atoms with van der Waals surface area (Å²) in [7, 11) is 0. The highest BCUT2D eigenvalue weighted by atomic mass is 19.3. The van der Waals surface area contributed by atoms with Crippen LogP contribution in [-0.4, -0.2) is 17.1 Å². The lowest BCUT2D eigenvalue weighted by molar-refractivity contribution is -0.124. The van der Waals surface area contributed by atoms with Crippen LogP contribution >= 0.6 is 0 Å². The first-order valence-electron chi connectivity index (χ1n) is 4.74. The Bertz CT molecular complexity index is 459. The molecule has 0 amide bonds. The zero-order valence-electron chi connectivity index (χ0n) is 8.28. The molecular weight excluding hydrogens is 216 g/mol. The molecular formula is C11H9F2NO2. The van der Waals surface area contributed by atoms with Gasteiger partial charge in [0.15, 0.2) is 0 Å². The maximum atomic E-state index is 12.9. The standard InChI is InChI=1S/C11H9F2NO2/c12-11(13)5-10(6-11,14-7-15)8-3-1-2-4-9(8)16/h1-4,16H,5-6H2. The molecule has 0 aliphatic heterocycles. The van der Waals surface area contributed by atoms with Gasteiger partial charge in [-0.25, -0.2) is 13.6 Å². The second-order valence-corrected chi connectivity index (χ2v) is 3.96. The summed E-state index contributed by atoms with van der Waals surface area (Å²) in [6.07, 6.45) is 0.179. The highest BCUT2D eigenvalue weighted by molar-refractivity contribution is 5.45. The van der Waals surface area contributed by atoms with Crippen molar-refractivity contribution in [1.29, 1.82) is 0 Å². The summed E-state index contributed by atoms with van der Waals surface area (Å²) in [5.74, 6) is -2.96. The smallest absolute Gasteiger partial charge is 0.253 e. The average molecular weight is 225 g/mol. The van der Waals surface area contributed by atoms with E-state index in [1.807, 2.05) is 0 Å². The molecule has 0 atom stereocenters. The van der Waals surface area contributed by atoms with Gasteiger partial charge in [0.05, 0.1) is 0 Å². The third-order valence-corrected chi connectivity index (χ3v) is 2.77. The first-order chi connectivity index (χ1) is 7.49. The highest BCUT2D eigenvalue weighted by Gasteiger charge is 2.58. The van der Waals surface area contributed by atoms with E-state index in [2.05, 4.69) is 4.99 Å². The minimum atomic E-state index is -2.83. The van der Waals surface area contributed by atoms with Crippen molar-refractivity contribution >= 4 is 6.08 Å². The van der Waals surface area contributed by atoms with Crippen molar-refractivity contribution < 1.29 is 18.7 Å². The van der Waals surface area contributed by atoms with E-state index in [1.54, 1.807) is 12.1 Å². The number of hydrogen-bond donors (Lipinski definition) is 1. The maximum absolute atomic E-state index is 12.9. The van der Waals surface area contributed by atoms with Gasteiger partial charge in [-0.3, -0.25) is 0 Å². The van der Waals surface area contributed by atoms with Crippen molar-refractivity contribution in [2.75, 3.05) is 0 Å². The van der Waals surface area contributed by atoms with Crippen LogP contribution in [0.5, 0.6) is 5.75 Å². The number of aliphatic imine (C=N–C) groups is 1. The Labute approximate surface area is 90.4 Å². The number of carbonyl (C=O) groups excluding carboxylic acids is 1. The fourth-order valence-corrected chi connectivity index (χ4v) is 2.09. The second-order valence-electron chi connectivity index (χ2n) is 3.96. The number of phenols is 1. The van der Waals surface area contributed by atoms with Crippen LogP contribution in [0.2, 0.25) is 0 Å². The van der Waals surface area contributed by atoms with Crippen LogP contribution in [-0.2, 0) is 10.3 Å². The Morgan fingerprint density at radius 1 is 1.31 bits per heavy atom. The molecule has 0 heterocycles. The number of rotatable bonds is 2. The quantitative estimate of drug-likeness (QED) is 0.620. The molecule has 0 spiro atoms. The Morgan fingerprint density at radius 3 is 2.44 bits per heavy atom. The van der Waals surface area contributed by atoms with Gasteiger partial charge < -0.3 is 5.11 Å². The lowest BCUT2D eigenvalue weighted by atomic mass is 9.69. The topological polar surface area (TPSA) is 49.7 Å². The first kappa shape index (κ1) is 10.8. The van der Waals surface area contributed by atoms with Gasteiger partial charge in [0.2, 0.25) is 6.08 Å². The van der Waals surface area contributed by atoms with E-state index in [0.29, 0.717) is 0 Å². The maximum Gasteiger partial charge on any atom is 0.253 e. The Kier molecular flexibility index (Phi) is 2.28. The summed E-state index contributed by atoms with van der Waals surface area (Å²) < 4.78 is 25.8. The third kappa shape index (κ3) is 1.59. The van der Waals surface area contributed by atoms with E-state index in [1.165, 1.54) is 18.2 Å². The van der Waals surface area contributed by atoms with Crippen LogP contribution in [0.1, 0.15) is 18.4 Å². The van der Waals surface area contributed by atoms with Crippen LogP contribution < -0.4 is 0 Å². The Balaban J connectivity index is 2.44. The van der Waals surface area contributed by atoms with Crippen LogP contribution in [0.4, 0.5) is 8.78 Å². The average Bonchev–Trinajstić information content (AvgIpc) is 2.15. The lowest BCUT2D eigenvalue weighted by Crippen LogP contribution is -2.48. The summed E-state index contributed by atoms with van der Waals surface area (Å²) >= 11 is 0. The summed E-state index contributed by atoms with van der Waals surface area (Å²) in [6, 6.07) is 6.06. The van der Waals surface area contributed by atoms with Crippen molar-refractivity contribution in [3.63, 3.8) is 0 Å². The molecule has 1 aromatic carbocycles. The third-order valence-electron chi connectivity index (χ3n) is 2.77. The molecule has 84 valence electrons. The van der Waals surface area contributed by atoms with E-state index < -0.39 is 24.3 Å². The molecule has 0 radical (unpaired) electrons. The van der Waals surface area contributed by atoms with Gasteiger partial charge in [0.25, 0.3) is 5.92 Å². The van der Waals surface area contributed by atoms with Gasteiger partial charge in [-0.15, -0.1) is 0 Å². The number of aromatic hydroxyl groups is 1. The van der Waals surface area contributed by atoms with Crippen molar-refractivity contribution in [1.82, 2.24) is 0 Å². The molecule has 1 saturated carbocycles. The highest BCUT2D eigenvalue weighted by Crippen LogP contribution is 2.55. The number of isocyanates is 1. The number of alkyl halides is 2. The van der Waals surface area contributed by atoms with Crippen molar-refractivity contribution in [3.8, 4) is 5.75 Å². The number of benzene rings is 1. The molecule has 0 aromatic heterocycles. The number of halogens is 2. The fourth-order valence-electron chi connectivity index (χ4n) is 2.09. The summed E-state index contributed by atoms with van der Waals surface area (Å²) in [4.78, 5) is 13.7. The van der Waals surface area contributed by atoms with Crippen molar-refractivity contribution in [2.24, 2.45) is 4.99 Å². The lowest BCUT2D eigenvalue weighted by Gasteiger charge is -2.43. The molecule has 2 rings (SSSR count). The number of phenolic OH excluding ortho intramolecular Hbond substituents is 1. The molecule has 1 aromatic rings. The molecule has 0 saturated heterocycles. The molecule has 3 nitrogen and oxygen atoms in total. The number of nitrogens with zero attached hydrogens (tertiary/aromatic N) is 1. The zero-order chi connectivity index (χ0) is 11.8. The molecule has 0 unspecified atom stereocenters. The van der Waals surface area contributed by atoms with Crippen LogP contribution in [0, 0.1) is 0 Å². The van der Waals surface area contributed by atoms with Gasteiger partial charge in [-0.05, 0) is 6.07 Å². The zero-order valence-corrected chi connectivity index (χ0v) is 8.28. The van der Waals surface area contributed by atoms with Crippen molar-refractivity contribution in [3.05, 3.63) is 29.8 Å². The molecule has 1 fully saturated rings. The molecule has 1 aliphatic rings. The SMILES string of the molecule is O=C=NC1(c2ccccc2O)CC(F)(F)C1. The van der Waals surface area contributed by atoms with Crippen LogP contribution in [0.3, 0.4) is 0 Å². The van der Waals surface area contributed by atoms with Crippen molar-refractivity contribution in [2.45, 2.75) is 24.3 Å². The number of hydrogen-bond acceptors (Lipinski definition) is 3. The minimum Gasteiger partial charge on any atom is -0.508 e. The van der Waals surface area contributed by atoms with Gasteiger partial charge >= 0.3 is 0 Å². The van der Waals surface area contributed by atoms with E-state index in [9.17, 15) is 18.7 Å². The predicted octanol–water partition coefficient (Wildman–Crippen LogP) is 2.35. The predicted molar refractivity (Wildman–Crippen MR) is 52.1 cm³/mol. The summed E-state index contributed by atoms with van der Waals surface area (Å²) in [5.41, 5.74) is -1.05. The molecule has 0 bridgehead atoms. The van der Waals surface area contributed by atoms with E-state index in [-0.39, 0.29) is 11.3 Å². The molecule has 1 aliphatic carbocycles. The minimum absolute atomic E-state index is 0.128. The van der Waals surface area contributed by atoms with Gasteiger partial charge in [-0.1, -0.05) is 18.2 Å². The van der Waals surface area contributed by atoms with Gasteiger partial charge in [0, 0.05) is 18.4 Å². The monoisotopic (exact) mass is 225 g/mol. The number of para-hydroxylation sites is 1. The summed E-state index contributed by atoms with van der Waals surface area (Å²) in [5, 5.41) is 9.57. The molecule has 16 heavy (non-hydrogen) atoms.